The van der Waals surface area contributed by atoms with Crippen LogP contribution in [0.25, 0.3) is 0 Å². The number of halogens is 2. The van der Waals surface area contributed by atoms with E-state index >= 15 is 0 Å². The van der Waals surface area contributed by atoms with Gasteiger partial charge in [0.2, 0.25) is 5.91 Å². The number of aromatic nitrogens is 3. The van der Waals surface area contributed by atoms with Gasteiger partial charge in [0.1, 0.15) is 0 Å². The molecule has 2 heterocycles. The molecule has 0 saturated heterocycles. The Morgan fingerprint density at radius 1 is 1.26 bits per heavy atom. The van der Waals surface area contributed by atoms with Crippen LogP contribution in [0.1, 0.15) is 23.1 Å². The number of amides is 1. The number of nitrogens with zero attached hydrogens (tertiary/aromatic N) is 3. The predicted molar refractivity (Wildman–Crippen MR) is 114 cm³/mol. The van der Waals surface area contributed by atoms with Crippen molar-refractivity contribution in [3.05, 3.63) is 65.2 Å². The van der Waals surface area contributed by atoms with Crippen molar-refractivity contribution in [2.45, 2.75) is 32.4 Å². The van der Waals surface area contributed by atoms with Gasteiger partial charge in [-0.3, -0.25) is 4.79 Å². The number of imidazole rings is 1. The van der Waals surface area contributed by atoms with Crippen molar-refractivity contribution >= 4 is 47.2 Å². The Morgan fingerprint density at radius 3 is 2.67 bits per heavy atom. The summed E-state index contributed by atoms with van der Waals surface area (Å²) in [6.07, 6.45) is 6.76. The number of carbonyl (C=O) groups excluding carboxylic acids is 1. The number of hydrogen-bond donors (Lipinski definition) is 2. The summed E-state index contributed by atoms with van der Waals surface area (Å²) in [7, 11) is 0. The summed E-state index contributed by atoms with van der Waals surface area (Å²) in [6.45, 7) is 2.80. The predicted octanol–water partition coefficient (Wildman–Crippen LogP) is 3.30. The highest BCUT2D eigenvalue weighted by Crippen LogP contribution is 2.18. The third-order valence-electron chi connectivity index (χ3n) is 3.79. The molecule has 0 aliphatic heterocycles. The van der Waals surface area contributed by atoms with Gasteiger partial charge in [-0.15, -0.1) is 36.2 Å². The second-order valence-electron chi connectivity index (χ2n) is 5.81. The quantitative estimate of drug-likeness (QED) is 0.605. The molecule has 0 saturated carbocycles. The molecule has 3 rings (SSSR count). The third-order valence-corrected chi connectivity index (χ3v) is 4.85. The van der Waals surface area contributed by atoms with Crippen LogP contribution < -0.4 is 11.1 Å². The normalized spacial score (nSPS) is 11.2. The number of aryl methyl sites for hydroxylation is 1. The van der Waals surface area contributed by atoms with Crippen LogP contribution in [-0.4, -0.2) is 26.5 Å². The molecule has 0 unspecified atom stereocenters. The lowest BCUT2D eigenvalue weighted by Gasteiger charge is -2.09. The molecule has 3 N–H and O–H groups in total. The van der Waals surface area contributed by atoms with E-state index in [1.54, 1.807) is 12.5 Å². The maximum atomic E-state index is 12.2. The molecule has 1 amide bonds. The maximum Gasteiger partial charge on any atom is 0.243 e. The Bertz CT molecular complexity index is 837. The number of carbonyl (C=O) groups is 1. The topological polar surface area (TPSA) is 85.8 Å². The van der Waals surface area contributed by atoms with Crippen molar-refractivity contribution in [1.29, 1.82) is 0 Å². The van der Waals surface area contributed by atoms with E-state index in [4.69, 9.17) is 5.73 Å². The van der Waals surface area contributed by atoms with Crippen molar-refractivity contribution in [1.82, 2.24) is 14.5 Å². The van der Waals surface area contributed by atoms with Gasteiger partial charge in [0.15, 0.2) is 5.13 Å². The first-order chi connectivity index (χ1) is 12.1. The van der Waals surface area contributed by atoms with Crippen molar-refractivity contribution in [2.24, 2.45) is 5.73 Å². The molecule has 0 aliphatic rings. The number of rotatable bonds is 7. The van der Waals surface area contributed by atoms with E-state index in [1.807, 2.05) is 29.0 Å². The lowest BCUT2D eigenvalue weighted by atomic mass is 10.1. The average molecular weight is 428 g/mol. The Hall–Kier alpha value is -1.93. The smallest absolute Gasteiger partial charge is 0.243 e. The minimum atomic E-state index is -0.658. The van der Waals surface area contributed by atoms with Crippen LogP contribution in [0.5, 0.6) is 0 Å². The van der Waals surface area contributed by atoms with Gasteiger partial charge >= 0.3 is 0 Å². The van der Waals surface area contributed by atoms with E-state index in [9.17, 15) is 4.79 Å². The van der Waals surface area contributed by atoms with E-state index in [0.29, 0.717) is 11.6 Å². The fourth-order valence-electron chi connectivity index (χ4n) is 2.44. The Morgan fingerprint density at radius 2 is 2.00 bits per heavy atom. The van der Waals surface area contributed by atoms with Crippen LogP contribution in [-0.2, 0) is 24.2 Å². The number of benzene rings is 1. The van der Waals surface area contributed by atoms with Crippen molar-refractivity contribution in [3.8, 4) is 0 Å². The van der Waals surface area contributed by atoms with Gasteiger partial charge in [-0.1, -0.05) is 37.3 Å². The third kappa shape index (κ3) is 6.62. The molecule has 9 heteroatoms. The molecule has 3 aromatic rings. The van der Waals surface area contributed by atoms with Gasteiger partial charge in [-0.2, -0.15) is 0 Å². The molecule has 0 spiro atoms. The summed E-state index contributed by atoms with van der Waals surface area (Å²) in [5.41, 5.74) is 8.01. The molecule has 27 heavy (non-hydrogen) atoms. The first kappa shape index (κ1) is 23.1. The van der Waals surface area contributed by atoms with Crippen LogP contribution in [0.2, 0.25) is 0 Å². The highest BCUT2D eigenvalue weighted by Gasteiger charge is 2.17. The van der Waals surface area contributed by atoms with E-state index in [0.717, 1.165) is 23.5 Å². The molecule has 6 nitrogen and oxygen atoms in total. The summed E-state index contributed by atoms with van der Waals surface area (Å²) < 4.78 is 1.99. The minimum Gasteiger partial charge on any atom is -0.333 e. The molecule has 1 atom stereocenters. The SMILES string of the molecule is CCc1cnc(NC(=O)[C@@H](N)Cc2cn(Cc3ccccc3)cn2)s1.Cl.Cl. The Kier molecular flexibility index (Phi) is 9.45. The highest BCUT2D eigenvalue weighted by atomic mass is 35.5. The zero-order valence-electron chi connectivity index (χ0n) is 14.9. The highest BCUT2D eigenvalue weighted by molar-refractivity contribution is 7.15. The van der Waals surface area contributed by atoms with Crippen molar-refractivity contribution in [3.63, 3.8) is 0 Å². The number of nitrogens with one attached hydrogen (secondary N) is 1. The van der Waals surface area contributed by atoms with E-state index < -0.39 is 6.04 Å². The van der Waals surface area contributed by atoms with E-state index in [1.165, 1.54) is 16.9 Å². The molecule has 146 valence electrons. The fourth-order valence-corrected chi connectivity index (χ4v) is 3.19. The second-order valence-corrected chi connectivity index (χ2v) is 6.92. The van der Waals surface area contributed by atoms with Crippen LogP contribution in [0.3, 0.4) is 0 Å². The number of nitrogens with two attached hydrogens (primary N) is 1. The van der Waals surface area contributed by atoms with Crippen LogP contribution in [0, 0.1) is 0 Å². The van der Waals surface area contributed by atoms with Gasteiger partial charge in [0, 0.05) is 30.2 Å². The molecule has 0 aliphatic carbocycles. The van der Waals surface area contributed by atoms with Gasteiger partial charge in [-0.05, 0) is 12.0 Å². The zero-order chi connectivity index (χ0) is 17.6. The summed E-state index contributed by atoms with van der Waals surface area (Å²) in [5.74, 6) is -0.241. The minimum absolute atomic E-state index is 0. The molecule has 0 radical (unpaired) electrons. The Labute approximate surface area is 175 Å². The first-order valence-electron chi connectivity index (χ1n) is 8.19. The summed E-state index contributed by atoms with van der Waals surface area (Å²) >= 11 is 1.47. The fraction of sp³-hybridized carbons (Fsp3) is 0.278. The molecule has 0 bridgehead atoms. The molecule has 0 fully saturated rings. The van der Waals surface area contributed by atoms with Crippen molar-refractivity contribution in [2.75, 3.05) is 5.32 Å². The summed E-state index contributed by atoms with van der Waals surface area (Å²) in [4.78, 5) is 21.9. The zero-order valence-corrected chi connectivity index (χ0v) is 17.3. The van der Waals surface area contributed by atoms with Gasteiger partial charge < -0.3 is 15.6 Å². The standard InChI is InChI=1S/C18H21N5OS.2ClH/c1-2-15-9-20-18(25-15)22-17(24)16(19)8-14-11-23(12-21-14)10-13-6-4-3-5-7-13;;/h3-7,9,11-12,16H,2,8,10,19H2,1H3,(H,20,22,24);2*1H/t16-;;/m0../s1. The van der Waals surface area contributed by atoms with Crippen LogP contribution >= 0.6 is 36.2 Å². The molecule has 1 aromatic carbocycles. The second kappa shape index (κ2) is 11.0. The lowest BCUT2D eigenvalue weighted by Crippen LogP contribution is -2.37. The number of hydrogen-bond acceptors (Lipinski definition) is 5. The van der Waals surface area contributed by atoms with Gasteiger partial charge in [0.25, 0.3) is 0 Å². The number of thiazole rings is 1. The molecule has 2 aromatic heterocycles. The van der Waals surface area contributed by atoms with Crippen LogP contribution in [0.4, 0.5) is 5.13 Å². The first-order valence-corrected chi connectivity index (χ1v) is 9.01. The Balaban J connectivity index is 0.00000182. The lowest BCUT2D eigenvalue weighted by molar-refractivity contribution is -0.117. The average Bonchev–Trinajstić information content (AvgIpc) is 3.25. The number of anilines is 1. The summed E-state index contributed by atoms with van der Waals surface area (Å²) in [5, 5.41) is 3.36. The molecular formula is C18H23Cl2N5OS. The van der Waals surface area contributed by atoms with Crippen LogP contribution in [0.15, 0.2) is 49.1 Å². The van der Waals surface area contributed by atoms with E-state index in [2.05, 4.69) is 34.3 Å². The maximum absolute atomic E-state index is 12.2. The van der Waals surface area contributed by atoms with Gasteiger partial charge in [0.05, 0.1) is 18.1 Å². The molecular weight excluding hydrogens is 405 g/mol. The van der Waals surface area contributed by atoms with Gasteiger partial charge in [-0.25, -0.2) is 9.97 Å². The van der Waals surface area contributed by atoms with E-state index in [-0.39, 0.29) is 30.7 Å². The largest absolute Gasteiger partial charge is 0.333 e. The van der Waals surface area contributed by atoms with Crippen molar-refractivity contribution < 1.29 is 4.79 Å². The monoisotopic (exact) mass is 427 g/mol. The summed E-state index contributed by atoms with van der Waals surface area (Å²) in [6, 6.07) is 9.49.